The van der Waals surface area contributed by atoms with Gasteiger partial charge in [-0.15, -0.1) is 0 Å². The lowest BCUT2D eigenvalue weighted by atomic mass is 10.1. The molecule has 4 rings (SSSR count). The number of carbonyl (C=O) groups is 1. The molecule has 1 amide bonds. The molecule has 1 saturated heterocycles. The largest absolute Gasteiger partial charge is 0.395 e. The number of rotatable bonds is 5. The summed E-state index contributed by atoms with van der Waals surface area (Å²) in [5, 5.41) is 13.1. The van der Waals surface area contributed by atoms with E-state index in [4.69, 9.17) is 10.1 Å². The van der Waals surface area contributed by atoms with Gasteiger partial charge in [-0.2, -0.15) is 0 Å². The van der Waals surface area contributed by atoms with Gasteiger partial charge in [-0.05, 0) is 25.0 Å². The summed E-state index contributed by atoms with van der Waals surface area (Å²) in [7, 11) is 0. The number of aromatic nitrogens is 1. The molecule has 6 nitrogen and oxygen atoms in total. The first-order valence-corrected chi connectivity index (χ1v) is 9.03. The number of aliphatic hydroxyl groups is 1. The van der Waals surface area contributed by atoms with Gasteiger partial charge in [0.2, 0.25) is 0 Å². The van der Waals surface area contributed by atoms with E-state index >= 15 is 0 Å². The number of carbonyl (C=O) groups excluding carboxylic acids is 1. The third-order valence-electron chi connectivity index (χ3n) is 4.97. The molecule has 1 aromatic heterocycles. The lowest BCUT2D eigenvalue weighted by Crippen LogP contribution is -2.47. The molecule has 6 heteroatoms. The highest BCUT2D eigenvalue weighted by Crippen LogP contribution is 2.25. The monoisotopic (exact) mass is 340 g/mol. The maximum absolute atomic E-state index is 12.7. The second kappa shape index (κ2) is 6.98. The quantitative estimate of drug-likeness (QED) is 0.857. The highest BCUT2D eigenvalue weighted by molar-refractivity contribution is 6.07. The standard InChI is InChI=1S/C19H24N4O2/c24-12-11-22-7-9-23(10-8-22)18-13-16(19(25)20-14-5-6-14)15-3-1-2-4-17(15)21-18/h1-4,13-14,24H,5-12H2,(H,20,25). The van der Waals surface area contributed by atoms with Gasteiger partial charge < -0.3 is 15.3 Å². The van der Waals surface area contributed by atoms with Gasteiger partial charge in [-0.25, -0.2) is 4.98 Å². The molecule has 0 unspecified atom stereocenters. The summed E-state index contributed by atoms with van der Waals surface area (Å²) in [6, 6.07) is 10.1. The maximum atomic E-state index is 12.7. The molecule has 132 valence electrons. The summed E-state index contributed by atoms with van der Waals surface area (Å²) in [6.07, 6.45) is 2.16. The van der Waals surface area contributed by atoms with Crippen molar-refractivity contribution in [1.82, 2.24) is 15.2 Å². The van der Waals surface area contributed by atoms with E-state index in [1.54, 1.807) is 0 Å². The first-order valence-electron chi connectivity index (χ1n) is 9.03. The first-order chi connectivity index (χ1) is 12.2. The zero-order valence-corrected chi connectivity index (χ0v) is 14.3. The molecular formula is C19H24N4O2. The number of nitrogens with one attached hydrogen (secondary N) is 1. The molecule has 2 aromatic rings. The molecule has 0 atom stereocenters. The van der Waals surface area contributed by atoms with E-state index in [0.717, 1.165) is 55.7 Å². The fourth-order valence-corrected chi connectivity index (χ4v) is 3.34. The van der Waals surface area contributed by atoms with Crippen LogP contribution in [0.4, 0.5) is 5.82 Å². The lowest BCUT2D eigenvalue weighted by molar-refractivity contribution is 0.0952. The number of amides is 1. The van der Waals surface area contributed by atoms with Crippen molar-refractivity contribution in [1.29, 1.82) is 0 Å². The van der Waals surface area contributed by atoms with Gasteiger partial charge in [0.15, 0.2) is 0 Å². The smallest absolute Gasteiger partial charge is 0.252 e. The number of pyridine rings is 1. The van der Waals surface area contributed by atoms with Crippen molar-refractivity contribution in [3.8, 4) is 0 Å². The minimum Gasteiger partial charge on any atom is -0.395 e. The fourth-order valence-electron chi connectivity index (χ4n) is 3.34. The summed E-state index contributed by atoms with van der Waals surface area (Å²) in [6.45, 7) is 4.43. The molecule has 1 saturated carbocycles. The predicted molar refractivity (Wildman–Crippen MR) is 98.0 cm³/mol. The third kappa shape index (κ3) is 3.60. The summed E-state index contributed by atoms with van der Waals surface area (Å²) < 4.78 is 0. The Kier molecular flexibility index (Phi) is 4.55. The lowest BCUT2D eigenvalue weighted by Gasteiger charge is -2.35. The Morgan fingerprint density at radius 1 is 1.20 bits per heavy atom. The minimum atomic E-state index is 0.00117. The molecule has 1 aliphatic heterocycles. The van der Waals surface area contributed by atoms with Gasteiger partial charge in [0.1, 0.15) is 5.82 Å². The third-order valence-corrected chi connectivity index (χ3v) is 4.97. The number of fused-ring (bicyclic) bond motifs is 1. The van der Waals surface area contributed by atoms with Crippen molar-refractivity contribution in [3.05, 3.63) is 35.9 Å². The Morgan fingerprint density at radius 2 is 1.96 bits per heavy atom. The summed E-state index contributed by atoms with van der Waals surface area (Å²) in [4.78, 5) is 22.0. The Balaban J connectivity index is 1.62. The van der Waals surface area contributed by atoms with Crippen molar-refractivity contribution in [2.75, 3.05) is 44.2 Å². The van der Waals surface area contributed by atoms with Crippen molar-refractivity contribution in [2.45, 2.75) is 18.9 Å². The van der Waals surface area contributed by atoms with E-state index in [1.165, 1.54) is 0 Å². The van der Waals surface area contributed by atoms with E-state index in [-0.39, 0.29) is 12.5 Å². The topological polar surface area (TPSA) is 68.7 Å². The number of benzene rings is 1. The van der Waals surface area contributed by atoms with Crippen LogP contribution in [-0.4, -0.2) is 66.3 Å². The van der Waals surface area contributed by atoms with Crippen molar-refractivity contribution >= 4 is 22.6 Å². The number of hydrogen-bond acceptors (Lipinski definition) is 5. The van der Waals surface area contributed by atoms with Crippen LogP contribution in [0.2, 0.25) is 0 Å². The van der Waals surface area contributed by atoms with Gasteiger partial charge >= 0.3 is 0 Å². The number of piperazine rings is 1. The highest BCUT2D eigenvalue weighted by atomic mass is 16.3. The van der Waals surface area contributed by atoms with Gasteiger partial charge in [0, 0.05) is 44.2 Å². The molecular weight excluding hydrogens is 316 g/mol. The average molecular weight is 340 g/mol. The Hall–Kier alpha value is -2.18. The van der Waals surface area contributed by atoms with Gasteiger partial charge in [0.05, 0.1) is 17.7 Å². The number of nitrogens with zero attached hydrogens (tertiary/aromatic N) is 3. The number of hydrogen-bond donors (Lipinski definition) is 2. The molecule has 1 aliphatic carbocycles. The molecule has 2 N–H and O–H groups in total. The molecule has 1 aromatic carbocycles. The number of aliphatic hydroxyl groups excluding tert-OH is 1. The van der Waals surface area contributed by atoms with Crippen LogP contribution < -0.4 is 10.2 Å². The van der Waals surface area contributed by atoms with Crippen molar-refractivity contribution in [2.24, 2.45) is 0 Å². The SMILES string of the molecule is O=C(NC1CC1)c1cc(N2CCN(CCO)CC2)nc2ccccc12. The molecule has 25 heavy (non-hydrogen) atoms. The minimum absolute atomic E-state index is 0.00117. The number of anilines is 1. The highest BCUT2D eigenvalue weighted by Gasteiger charge is 2.26. The summed E-state index contributed by atoms with van der Waals surface area (Å²) in [5.74, 6) is 0.865. The molecule has 2 heterocycles. The van der Waals surface area contributed by atoms with Crippen LogP contribution in [0.25, 0.3) is 10.9 Å². The number of para-hydroxylation sites is 1. The molecule has 0 bridgehead atoms. The molecule has 2 aliphatic rings. The van der Waals surface area contributed by atoms with Crippen LogP contribution in [0.15, 0.2) is 30.3 Å². The van der Waals surface area contributed by atoms with E-state index in [2.05, 4.69) is 15.1 Å². The van der Waals surface area contributed by atoms with Crippen LogP contribution in [0.1, 0.15) is 23.2 Å². The van der Waals surface area contributed by atoms with Crippen LogP contribution in [0, 0.1) is 0 Å². The molecule has 0 radical (unpaired) electrons. The normalized spacial score (nSPS) is 18.5. The second-order valence-corrected chi connectivity index (χ2v) is 6.85. The Bertz CT molecular complexity index is 767. The predicted octanol–water partition coefficient (Wildman–Crippen LogP) is 1.24. The van der Waals surface area contributed by atoms with Crippen molar-refractivity contribution in [3.63, 3.8) is 0 Å². The zero-order valence-electron chi connectivity index (χ0n) is 14.3. The zero-order chi connectivity index (χ0) is 17.2. The maximum Gasteiger partial charge on any atom is 0.252 e. The Morgan fingerprint density at radius 3 is 2.68 bits per heavy atom. The van der Waals surface area contributed by atoms with Gasteiger partial charge in [-0.3, -0.25) is 9.69 Å². The average Bonchev–Trinajstić information content (AvgIpc) is 3.45. The molecule has 2 fully saturated rings. The second-order valence-electron chi connectivity index (χ2n) is 6.85. The van der Waals surface area contributed by atoms with E-state index in [9.17, 15) is 4.79 Å². The fraction of sp³-hybridized carbons (Fsp3) is 0.474. The van der Waals surface area contributed by atoms with Gasteiger partial charge in [0.25, 0.3) is 5.91 Å². The number of β-amino-alcohol motifs (C(OH)–C–C–N with tert-alkyl or cyclic N) is 1. The van der Waals surface area contributed by atoms with Crippen LogP contribution in [-0.2, 0) is 0 Å². The van der Waals surface area contributed by atoms with E-state index < -0.39 is 0 Å². The van der Waals surface area contributed by atoms with Crippen LogP contribution >= 0.6 is 0 Å². The van der Waals surface area contributed by atoms with Gasteiger partial charge in [-0.1, -0.05) is 18.2 Å². The first kappa shape index (κ1) is 16.3. The summed E-state index contributed by atoms with van der Waals surface area (Å²) >= 11 is 0. The van der Waals surface area contributed by atoms with Crippen LogP contribution in [0.5, 0.6) is 0 Å². The molecule has 0 spiro atoms. The van der Waals surface area contributed by atoms with Crippen molar-refractivity contribution < 1.29 is 9.90 Å². The van der Waals surface area contributed by atoms with Crippen LogP contribution in [0.3, 0.4) is 0 Å². The summed E-state index contributed by atoms with van der Waals surface area (Å²) in [5.41, 5.74) is 1.57. The Labute approximate surface area is 147 Å². The van der Waals surface area contributed by atoms with E-state index in [1.807, 2.05) is 30.3 Å². The van der Waals surface area contributed by atoms with E-state index in [0.29, 0.717) is 18.2 Å².